The standard InChI is InChI=1S/C18H23FN2O/c1-3-5-6-10-22-18-9-8-14(11-16(18)19)17-13-20-15(7-4-2)12-21-17/h8-9,11-13H,3-7,10H2,1-2H3. The average molecular weight is 302 g/mol. The van der Waals surface area contributed by atoms with Gasteiger partial charge in [-0.25, -0.2) is 4.39 Å². The maximum atomic E-state index is 14.1. The van der Waals surface area contributed by atoms with E-state index in [1.165, 1.54) is 6.07 Å². The fourth-order valence-corrected chi connectivity index (χ4v) is 2.20. The Morgan fingerprint density at radius 2 is 1.91 bits per heavy atom. The molecule has 0 amide bonds. The fourth-order valence-electron chi connectivity index (χ4n) is 2.20. The van der Waals surface area contributed by atoms with Crippen molar-refractivity contribution in [1.29, 1.82) is 0 Å². The van der Waals surface area contributed by atoms with E-state index in [9.17, 15) is 4.39 Å². The molecule has 0 radical (unpaired) electrons. The molecule has 1 aromatic carbocycles. The molecular formula is C18H23FN2O. The lowest BCUT2D eigenvalue weighted by Gasteiger charge is -2.08. The van der Waals surface area contributed by atoms with Gasteiger partial charge in [-0.2, -0.15) is 0 Å². The number of aromatic nitrogens is 2. The lowest BCUT2D eigenvalue weighted by Crippen LogP contribution is -1.99. The van der Waals surface area contributed by atoms with E-state index >= 15 is 0 Å². The Labute approximate surface area is 131 Å². The molecule has 0 unspecified atom stereocenters. The predicted molar refractivity (Wildman–Crippen MR) is 86.4 cm³/mol. The lowest BCUT2D eigenvalue weighted by atomic mass is 10.1. The smallest absolute Gasteiger partial charge is 0.165 e. The highest BCUT2D eigenvalue weighted by atomic mass is 19.1. The number of benzene rings is 1. The molecule has 0 N–H and O–H groups in total. The number of hydrogen-bond donors (Lipinski definition) is 0. The molecular weight excluding hydrogens is 279 g/mol. The summed E-state index contributed by atoms with van der Waals surface area (Å²) in [6, 6.07) is 4.94. The third kappa shape index (κ3) is 4.52. The molecule has 118 valence electrons. The molecule has 1 heterocycles. The molecule has 0 aliphatic rings. The minimum atomic E-state index is -0.353. The summed E-state index contributed by atoms with van der Waals surface area (Å²) < 4.78 is 19.5. The monoisotopic (exact) mass is 302 g/mol. The van der Waals surface area contributed by atoms with E-state index in [1.54, 1.807) is 18.5 Å². The van der Waals surface area contributed by atoms with Crippen molar-refractivity contribution in [3.8, 4) is 17.0 Å². The van der Waals surface area contributed by atoms with Crippen molar-refractivity contribution in [2.75, 3.05) is 6.61 Å². The summed E-state index contributed by atoms with van der Waals surface area (Å²) in [4.78, 5) is 8.71. The molecule has 2 aromatic rings. The number of rotatable bonds is 8. The Morgan fingerprint density at radius 1 is 1.05 bits per heavy atom. The van der Waals surface area contributed by atoms with Gasteiger partial charge < -0.3 is 4.74 Å². The van der Waals surface area contributed by atoms with Gasteiger partial charge >= 0.3 is 0 Å². The summed E-state index contributed by atoms with van der Waals surface area (Å²) in [7, 11) is 0. The molecule has 0 atom stereocenters. The Bertz CT molecular complexity index is 584. The van der Waals surface area contributed by atoms with Gasteiger partial charge in [-0.05, 0) is 31.0 Å². The van der Waals surface area contributed by atoms with Gasteiger partial charge in [0.1, 0.15) is 0 Å². The molecule has 0 aliphatic carbocycles. The van der Waals surface area contributed by atoms with Gasteiger partial charge in [-0.15, -0.1) is 0 Å². The Morgan fingerprint density at radius 3 is 2.55 bits per heavy atom. The second-order valence-corrected chi connectivity index (χ2v) is 5.34. The van der Waals surface area contributed by atoms with E-state index in [0.717, 1.165) is 37.8 Å². The van der Waals surface area contributed by atoms with Gasteiger partial charge in [0, 0.05) is 11.8 Å². The van der Waals surface area contributed by atoms with Crippen LogP contribution in [0, 0.1) is 5.82 Å². The summed E-state index contributed by atoms with van der Waals surface area (Å²) in [6.07, 6.45) is 8.56. The van der Waals surface area contributed by atoms with Crippen molar-refractivity contribution < 1.29 is 9.13 Å². The van der Waals surface area contributed by atoms with Gasteiger partial charge in [-0.3, -0.25) is 9.97 Å². The van der Waals surface area contributed by atoms with Crippen molar-refractivity contribution in [3.63, 3.8) is 0 Å². The van der Waals surface area contributed by atoms with Crippen molar-refractivity contribution in [2.24, 2.45) is 0 Å². The van der Waals surface area contributed by atoms with Gasteiger partial charge in [-0.1, -0.05) is 33.1 Å². The molecule has 2 rings (SSSR count). The van der Waals surface area contributed by atoms with Crippen LogP contribution in [0.15, 0.2) is 30.6 Å². The van der Waals surface area contributed by atoms with Crippen LogP contribution in [0.1, 0.15) is 45.2 Å². The first-order valence-corrected chi connectivity index (χ1v) is 7.98. The second-order valence-electron chi connectivity index (χ2n) is 5.34. The summed E-state index contributed by atoms with van der Waals surface area (Å²) in [5.74, 6) is -0.0520. The van der Waals surface area contributed by atoms with Crippen LogP contribution in [0.4, 0.5) is 4.39 Å². The first kappa shape index (κ1) is 16.4. The molecule has 0 aliphatic heterocycles. The first-order chi connectivity index (χ1) is 10.7. The van der Waals surface area contributed by atoms with Crippen LogP contribution < -0.4 is 4.74 Å². The van der Waals surface area contributed by atoms with E-state index in [0.29, 0.717) is 23.6 Å². The van der Waals surface area contributed by atoms with Crippen LogP contribution in [0.25, 0.3) is 11.3 Å². The third-order valence-corrected chi connectivity index (χ3v) is 3.44. The maximum Gasteiger partial charge on any atom is 0.165 e. The summed E-state index contributed by atoms with van der Waals surface area (Å²) >= 11 is 0. The van der Waals surface area contributed by atoms with Gasteiger partial charge in [0.15, 0.2) is 11.6 Å². The quantitative estimate of drug-likeness (QED) is 0.657. The van der Waals surface area contributed by atoms with Crippen LogP contribution in [0.3, 0.4) is 0 Å². The Kier molecular flexibility index (Phi) is 6.31. The van der Waals surface area contributed by atoms with Crippen LogP contribution in [-0.2, 0) is 6.42 Å². The number of aryl methyl sites for hydroxylation is 1. The van der Waals surface area contributed by atoms with Gasteiger partial charge in [0.2, 0.25) is 0 Å². The van der Waals surface area contributed by atoms with E-state index in [4.69, 9.17) is 4.74 Å². The van der Waals surface area contributed by atoms with Crippen LogP contribution in [0.2, 0.25) is 0 Å². The topological polar surface area (TPSA) is 35.0 Å². The van der Waals surface area contributed by atoms with Crippen molar-refractivity contribution in [1.82, 2.24) is 9.97 Å². The van der Waals surface area contributed by atoms with E-state index in [-0.39, 0.29) is 5.82 Å². The largest absolute Gasteiger partial charge is 0.491 e. The second kappa shape index (κ2) is 8.47. The number of unbranched alkanes of at least 4 members (excludes halogenated alkanes) is 2. The predicted octanol–water partition coefficient (Wildman–Crippen LogP) is 4.80. The summed E-state index contributed by atoms with van der Waals surface area (Å²) in [5.41, 5.74) is 2.35. The van der Waals surface area contributed by atoms with E-state index in [2.05, 4.69) is 23.8 Å². The highest BCUT2D eigenvalue weighted by Gasteiger charge is 2.07. The van der Waals surface area contributed by atoms with E-state index in [1.807, 2.05) is 6.07 Å². The Hall–Kier alpha value is -1.97. The number of halogens is 1. The molecule has 1 aromatic heterocycles. The minimum absolute atomic E-state index is 0.301. The van der Waals surface area contributed by atoms with E-state index < -0.39 is 0 Å². The lowest BCUT2D eigenvalue weighted by molar-refractivity contribution is 0.291. The maximum absolute atomic E-state index is 14.1. The first-order valence-electron chi connectivity index (χ1n) is 7.98. The zero-order chi connectivity index (χ0) is 15.8. The molecule has 0 saturated carbocycles. The SMILES string of the molecule is CCCCCOc1ccc(-c2cnc(CCC)cn2)cc1F. The Balaban J connectivity index is 2.04. The fraction of sp³-hybridized carbons (Fsp3) is 0.444. The highest BCUT2D eigenvalue weighted by molar-refractivity contribution is 5.59. The zero-order valence-electron chi connectivity index (χ0n) is 13.3. The molecule has 4 heteroatoms. The van der Waals surface area contributed by atoms with Crippen LogP contribution in [0.5, 0.6) is 5.75 Å². The zero-order valence-corrected chi connectivity index (χ0v) is 13.3. The van der Waals surface area contributed by atoms with Gasteiger partial charge in [0.05, 0.1) is 24.2 Å². The molecule has 0 spiro atoms. The molecule has 0 bridgehead atoms. The number of nitrogens with zero attached hydrogens (tertiary/aromatic N) is 2. The molecule has 0 fully saturated rings. The normalized spacial score (nSPS) is 10.7. The van der Waals surface area contributed by atoms with Crippen LogP contribution >= 0.6 is 0 Å². The number of hydrogen-bond acceptors (Lipinski definition) is 3. The number of ether oxygens (including phenoxy) is 1. The van der Waals surface area contributed by atoms with Crippen molar-refractivity contribution in [3.05, 3.63) is 42.1 Å². The minimum Gasteiger partial charge on any atom is -0.491 e. The highest BCUT2D eigenvalue weighted by Crippen LogP contribution is 2.24. The molecule has 3 nitrogen and oxygen atoms in total. The van der Waals surface area contributed by atoms with Crippen molar-refractivity contribution in [2.45, 2.75) is 46.0 Å². The third-order valence-electron chi connectivity index (χ3n) is 3.44. The van der Waals surface area contributed by atoms with Crippen LogP contribution in [-0.4, -0.2) is 16.6 Å². The molecule has 22 heavy (non-hydrogen) atoms. The molecule has 0 saturated heterocycles. The summed E-state index contributed by atoms with van der Waals surface area (Å²) in [6.45, 7) is 4.78. The van der Waals surface area contributed by atoms with Crippen molar-refractivity contribution >= 4 is 0 Å². The average Bonchev–Trinajstić information content (AvgIpc) is 2.54. The van der Waals surface area contributed by atoms with Gasteiger partial charge in [0.25, 0.3) is 0 Å². The summed E-state index contributed by atoms with van der Waals surface area (Å²) in [5, 5.41) is 0.